The van der Waals surface area contributed by atoms with E-state index in [0.717, 1.165) is 32.1 Å². The molecule has 25 heavy (non-hydrogen) atoms. The largest absolute Gasteiger partial charge is 0.357 e. The van der Waals surface area contributed by atoms with Crippen molar-refractivity contribution in [3.8, 4) is 6.07 Å². The van der Waals surface area contributed by atoms with E-state index in [0.29, 0.717) is 23.5 Å². The van der Waals surface area contributed by atoms with Crippen molar-refractivity contribution in [2.24, 2.45) is 0 Å². The third kappa shape index (κ3) is 4.12. The SMILES string of the molecule is CNc1nc(Nc2ccc(F)cc2)nc(NC2(C#N)CCCCC2)n1. The maximum Gasteiger partial charge on any atom is 0.233 e. The van der Waals surface area contributed by atoms with E-state index in [2.05, 4.69) is 37.0 Å². The maximum absolute atomic E-state index is 13.0. The van der Waals surface area contributed by atoms with Crippen molar-refractivity contribution in [3.05, 3.63) is 30.1 Å². The van der Waals surface area contributed by atoms with Gasteiger partial charge in [0.2, 0.25) is 17.8 Å². The predicted octanol–water partition coefficient (Wildman–Crippen LogP) is 3.43. The second kappa shape index (κ2) is 7.30. The topological polar surface area (TPSA) is 98.5 Å². The summed E-state index contributed by atoms with van der Waals surface area (Å²) >= 11 is 0. The van der Waals surface area contributed by atoms with Gasteiger partial charge < -0.3 is 16.0 Å². The summed E-state index contributed by atoms with van der Waals surface area (Å²) in [7, 11) is 1.71. The number of anilines is 4. The Bertz CT molecular complexity index is 764. The number of halogens is 1. The molecule has 2 aromatic rings. The first-order valence-corrected chi connectivity index (χ1v) is 8.28. The van der Waals surface area contributed by atoms with Crippen LogP contribution in [0.2, 0.25) is 0 Å². The summed E-state index contributed by atoms with van der Waals surface area (Å²) in [6, 6.07) is 8.30. The average Bonchev–Trinajstić information content (AvgIpc) is 2.64. The number of rotatable bonds is 5. The Hall–Kier alpha value is -2.95. The highest BCUT2D eigenvalue weighted by atomic mass is 19.1. The van der Waals surface area contributed by atoms with Gasteiger partial charge in [-0.2, -0.15) is 20.2 Å². The summed E-state index contributed by atoms with van der Waals surface area (Å²) in [5.41, 5.74) is 0.0193. The molecule has 0 unspecified atom stereocenters. The molecule has 130 valence electrons. The van der Waals surface area contributed by atoms with E-state index < -0.39 is 5.54 Å². The third-order valence-electron chi connectivity index (χ3n) is 4.23. The van der Waals surface area contributed by atoms with E-state index in [4.69, 9.17) is 0 Å². The van der Waals surface area contributed by atoms with Gasteiger partial charge in [0.05, 0.1) is 6.07 Å². The smallest absolute Gasteiger partial charge is 0.233 e. The number of nitriles is 1. The molecule has 1 heterocycles. The standard InChI is InChI=1S/C17H20FN7/c1-20-14-22-15(21-13-7-5-12(18)6-8-13)24-16(23-14)25-17(11-19)9-3-2-4-10-17/h5-8H,2-4,9-10H2,1H3,(H3,20,21,22,23,24,25). The molecule has 7 nitrogen and oxygen atoms in total. The lowest BCUT2D eigenvalue weighted by Gasteiger charge is -2.31. The first kappa shape index (κ1) is 16.9. The summed E-state index contributed by atoms with van der Waals surface area (Å²) < 4.78 is 13.0. The number of nitrogens with zero attached hydrogens (tertiary/aromatic N) is 4. The molecule has 1 aromatic carbocycles. The van der Waals surface area contributed by atoms with Crippen molar-refractivity contribution in [2.75, 3.05) is 23.0 Å². The second-order valence-electron chi connectivity index (χ2n) is 6.07. The van der Waals surface area contributed by atoms with Crippen LogP contribution in [0.5, 0.6) is 0 Å². The van der Waals surface area contributed by atoms with Gasteiger partial charge in [0.1, 0.15) is 11.4 Å². The van der Waals surface area contributed by atoms with E-state index in [-0.39, 0.29) is 5.82 Å². The van der Waals surface area contributed by atoms with Gasteiger partial charge in [-0.1, -0.05) is 19.3 Å². The third-order valence-corrected chi connectivity index (χ3v) is 4.23. The van der Waals surface area contributed by atoms with Gasteiger partial charge in [-0.15, -0.1) is 0 Å². The van der Waals surface area contributed by atoms with Crippen LogP contribution < -0.4 is 16.0 Å². The molecule has 3 N–H and O–H groups in total. The van der Waals surface area contributed by atoms with Gasteiger partial charge in [-0.05, 0) is 37.1 Å². The number of benzene rings is 1. The van der Waals surface area contributed by atoms with E-state index in [1.807, 2.05) is 0 Å². The van der Waals surface area contributed by atoms with Crippen molar-refractivity contribution >= 4 is 23.5 Å². The molecule has 3 rings (SSSR count). The monoisotopic (exact) mass is 341 g/mol. The lowest BCUT2D eigenvalue weighted by Crippen LogP contribution is -2.39. The molecule has 0 saturated heterocycles. The number of hydrogen-bond acceptors (Lipinski definition) is 7. The van der Waals surface area contributed by atoms with E-state index >= 15 is 0 Å². The molecular formula is C17H20FN7. The summed E-state index contributed by atoms with van der Waals surface area (Å²) in [4.78, 5) is 12.9. The van der Waals surface area contributed by atoms with Gasteiger partial charge in [0.25, 0.3) is 0 Å². The Labute approximate surface area is 145 Å². The molecule has 0 aliphatic heterocycles. The minimum atomic E-state index is -0.641. The van der Waals surface area contributed by atoms with Crippen LogP contribution >= 0.6 is 0 Å². The normalized spacial score (nSPS) is 15.9. The zero-order valence-corrected chi connectivity index (χ0v) is 14.0. The molecule has 0 amide bonds. The zero-order chi connectivity index (χ0) is 17.7. The molecular weight excluding hydrogens is 321 g/mol. The molecule has 1 aliphatic carbocycles. The minimum Gasteiger partial charge on any atom is -0.357 e. The minimum absolute atomic E-state index is 0.312. The fraction of sp³-hybridized carbons (Fsp3) is 0.412. The lowest BCUT2D eigenvalue weighted by molar-refractivity contribution is 0.391. The fourth-order valence-corrected chi connectivity index (χ4v) is 2.90. The summed E-state index contributed by atoms with van der Waals surface area (Å²) in [6.45, 7) is 0. The second-order valence-corrected chi connectivity index (χ2v) is 6.07. The highest BCUT2D eigenvalue weighted by Crippen LogP contribution is 2.30. The van der Waals surface area contributed by atoms with Gasteiger partial charge in [-0.25, -0.2) is 4.39 Å². The van der Waals surface area contributed by atoms with Gasteiger partial charge in [-0.3, -0.25) is 0 Å². The van der Waals surface area contributed by atoms with Crippen molar-refractivity contribution in [1.82, 2.24) is 15.0 Å². The molecule has 0 spiro atoms. The quantitative estimate of drug-likeness (QED) is 0.766. The van der Waals surface area contributed by atoms with Gasteiger partial charge in [0, 0.05) is 12.7 Å². The fourth-order valence-electron chi connectivity index (χ4n) is 2.90. The molecule has 1 saturated carbocycles. The molecule has 1 fully saturated rings. The highest BCUT2D eigenvalue weighted by molar-refractivity contribution is 5.55. The van der Waals surface area contributed by atoms with Crippen molar-refractivity contribution < 1.29 is 4.39 Å². The van der Waals surface area contributed by atoms with Crippen molar-refractivity contribution in [3.63, 3.8) is 0 Å². The molecule has 0 atom stereocenters. The summed E-state index contributed by atoms with van der Waals surface area (Å²) in [6.07, 6.45) is 4.69. The molecule has 1 aliphatic rings. The maximum atomic E-state index is 13.0. The molecule has 0 radical (unpaired) electrons. The van der Waals surface area contributed by atoms with Crippen LogP contribution in [0.15, 0.2) is 24.3 Å². The van der Waals surface area contributed by atoms with Crippen molar-refractivity contribution in [2.45, 2.75) is 37.6 Å². The lowest BCUT2D eigenvalue weighted by atomic mass is 9.83. The summed E-state index contributed by atoms with van der Waals surface area (Å²) in [5, 5.41) is 18.7. The number of aromatic nitrogens is 3. The van der Waals surface area contributed by atoms with E-state index in [9.17, 15) is 9.65 Å². The number of nitrogens with one attached hydrogen (secondary N) is 3. The highest BCUT2D eigenvalue weighted by Gasteiger charge is 2.33. The van der Waals surface area contributed by atoms with Crippen LogP contribution in [-0.2, 0) is 0 Å². The van der Waals surface area contributed by atoms with E-state index in [1.165, 1.54) is 12.1 Å². The Kier molecular flexibility index (Phi) is 4.93. The number of hydrogen-bond donors (Lipinski definition) is 3. The molecule has 1 aromatic heterocycles. The first-order chi connectivity index (χ1) is 12.1. The Balaban J connectivity index is 1.84. The average molecular weight is 341 g/mol. The van der Waals surface area contributed by atoms with E-state index in [1.54, 1.807) is 19.2 Å². The molecule has 0 bridgehead atoms. The zero-order valence-electron chi connectivity index (χ0n) is 14.0. The Morgan fingerprint density at radius 1 is 1.00 bits per heavy atom. The van der Waals surface area contributed by atoms with Crippen LogP contribution in [0.3, 0.4) is 0 Å². The van der Waals surface area contributed by atoms with Gasteiger partial charge in [0.15, 0.2) is 0 Å². The predicted molar refractivity (Wildman–Crippen MR) is 94.1 cm³/mol. The molecule has 8 heteroatoms. The van der Waals surface area contributed by atoms with Crippen LogP contribution in [0.25, 0.3) is 0 Å². The van der Waals surface area contributed by atoms with Crippen LogP contribution in [-0.4, -0.2) is 27.5 Å². The van der Waals surface area contributed by atoms with Crippen LogP contribution in [0, 0.1) is 17.1 Å². The Morgan fingerprint density at radius 2 is 1.64 bits per heavy atom. The Morgan fingerprint density at radius 3 is 2.28 bits per heavy atom. The van der Waals surface area contributed by atoms with Gasteiger partial charge >= 0.3 is 0 Å². The van der Waals surface area contributed by atoms with Crippen molar-refractivity contribution in [1.29, 1.82) is 5.26 Å². The summed E-state index contributed by atoms with van der Waals surface area (Å²) in [5.74, 6) is 0.725. The van der Waals surface area contributed by atoms with Crippen LogP contribution in [0.1, 0.15) is 32.1 Å². The van der Waals surface area contributed by atoms with Crippen LogP contribution in [0.4, 0.5) is 27.9 Å². The first-order valence-electron chi connectivity index (χ1n) is 8.28.